The third kappa shape index (κ3) is 3.48. The number of furan rings is 1. The van der Waals surface area contributed by atoms with E-state index in [2.05, 4.69) is 5.32 Å². The van der Waals surface area contributed by atoms with Gasteiger partial charge in [-0.05, 0) is 31.5 Å². The van der Waals surface area contributed by atoms with Crippen LogP contribution in [0.3, 0.4) is 0 Å². The first-order valence-electron chi connectivity index (χ1n) is 7.85. The van der Waals surface area contributed by atoms with Crippen LogP contribution >= 0.6 is 11.8 Å². The summed E-state index contributed by atoms with van der Waals surface area (Å²) in [6.07, 6.45) is 1.57. The quantitative estimate of drug-likeness (QED) is 0.906. The molecule has 3 rings (SSSR count). The molecule has 0 saturated carbocycles. The van der Waals surface area contributed by atoms with Crippen LogP contribution in [-0.2, 0) is 16.1 Å². The smallest absolute Gasteiger partial charge is 0.242 e. The number of nitrogens with one attached hydrogen (secondary N) is 1. The van der Waals surface area contributed by atoms with Gasteiger partial charge in [0.2, 0.25) is 11.8 Å². The number of rotatable bonds is 5. The Bertz CT molecular complexity index is 712. The maximum absolute atomic E-state index is 12.4. The van der Waals surface area contributed by atoms with Crippen molar-refractivity contribution < 1.29 is 14.0 Å². The van der Waals surface area contributed by atoms with Gasteiger partial charge in [-0.2, -0.15) is 0 Å². The van der Waals surface area contributed by atoms with Gasteiger partial charge in [-0.3, -0.25) is 9.59 Å². The third-order valence-electron chi connectivity index (χ3n) is 4.08. The van der Waals surface area contributed by atoms with Gasteiger partial charge in [-0.1, -0.05) is 29.8 Å². The van der Waals surface area contributed by atoms with Crippen molar-refractivity contribution in [1.82, 2.24) is 10.2 Å². The molecule has 1 aromatic heterocycles. The lowest BCUT2D eigenvalue weighted by Crippen LogP contribution is -2.46. The number of hydrogen-bond acceptors (Lipinski definition) is 4. The number of hydrogen-bond donors (Lipinski definition) is 1. The molecular weight excluding hydrogens is 324 g/mol. The fourth-order valence-electron chi connectivity index (χ4n) is 2.70. The van der Waals surface area contributed by atoms with Gasteiger partial charge in [0.1, 0.15) is 17.2 Å². The summed E-state index contributed by atoms with van der Waals surface area (Å²) in [7, 11) is 0. The highest BCUT2D eigenvalue weighted by atomic mass is 32.2. The van der Waals surface area contributed by atoms with Crippen LogP contribution in [0.15, 0.2) is 47.1 Å². The Morgan fingerprint density at radius 1 is 1.38 bits per heavy atom. The van der Waals surface area contributed by atoms with Crippen LogP contribution in [0.25, 0.3) is 0 Å². The van der Waals surface area contributed by atoms with Crippen LogP contribution in [0.5, 0.6) is 0 Å². The highest BCUT2D eigenvalue weighted by Gasteiger charge is 2.38. The second-order valence-corrected chi connectivity index (χ2v) is 6.92. The van der Waals surface area contributed by atoms with Gasteiger partial charge in [0.05, 0.1) is 18.6 Å². The zero-order valence-electron chi connectivity index (χ0n) is 13.7. The van der Waals surface area contributed by atoms with E-state index in [1.807, 2.05) is 31.2 Å². The van der Waals surface area contributed by atoms with Crippen molar-refractivity contribution in [2.24, 2.45) is 0 Å². The second-order valence-electron chi connectivity index (χ2n) is 5.85. The van der Waals surface area contributed by atoms with Gasteiger partial charge in [0.25, 0.3) is 0 Å². The summed E-state index contributed by atoms with van der Waals surface area (Å²) in [4.78, 5) is 26.4. The van der Waals surface area contributed by atoms with Crippen LogP contribution in [0, 0.1) is 6.92 Å². The molecule has 1 aliphatic rings. The molecule has 1 saturated heterocycles. The molecule has 5 nitrogen and oxygen atoms in total. The van der Waals surface area contributed by atoms with E-state index in [1.54, 1.807) is 42.0 Å². The van der Waals surface area contributed by atoms with Crippen LogP contribution in [-0.4, -0.2) is 28.5 Å². The van der Waals surface area contributed by atoms with Gasteiger partial charge in [0.15, 0.2) is 0 Å². The molecule has 1 fully saturated rings. The zero-order chi connectivity index (χ0) is 17.1. The molecule has 0 spiro atoms. The van der Waals surface area contributed by atoms with E-state index in [0.717, 1.165) is 5.56 Å². The minimum atomic E-state index is -0.534. The lowest BCUT2D eigenvalue weighted by Gasteiger charge is -2.29. The fraction of sp³-hybridized carbons (Fsp3) is 0.333. The van der Waals surface area contributed by atoms with E-state index in [1.165, 1.54) is 5.56 Å². The third-order valence-corrected chi connectivity index (χ3v) is 5.31. The van der Waals surface area contributed by atoms with Crippen molar-refractivity contribution in [2.75, 3.05) is 5.75 Å². The molecule has 0 bridgehead atoms. The number of benzene rings is 1. The maximum Gasteiger partial charge on any atom is 0.242 e. The van der Waals surface area contributed by atoms with Crippen molar-refractivity contribution in [3.05, 3.63) is 59.5 Å². The van der Waals surface area contributed by atoms with Crippen LogP contribution < -0.4 is 5.32 Å². The van der Waals surface area contributed by atoms with Gasteiger partial charge in [-0.25, -0.2) is 0 Å². The summed E-state index contributed by atoms with van der Waals surface area (Å²) >= 11 is 1.56. The highest BCUT2D eigenvalue weighted by Crippen LogP contribution is 2.40. The van der Waals surface area contributed by atoms with Crippen molar-refractivity contribution >= 4 is 23.6 Å². The first kappa shape index (κ1) is 16.6. The number of carbonyl (C=O) groups excluding carboxylic acids is 2. The number of amides is 2. The molecule has 0 radical (unpaired) electrons. The van der Waals surface area contributed by atoms with Crippen LogP contribution in [0.1, 0.15) is 29.2 Å². The molecule has 1 aliphatic heterocycles. The molecule has 1 aromatic carbocycles. The number of aryl methyl sites for hydroxylation is 1. The summed E-state index contributed by atoms with van der Waals surface area (Å²) in [5.41, 5.74) is 2.21. The summed E-state index contributed by atoms with van der Waals surface area (Å²) < 4.78 is 5.21. The average molecular weight is 344 g/mol. The molecule has 1 N–H and O–H groups in total. The zero-order valence-corrected chi connectivity index (χ0v) is 14.5. The molecule has 2 aromatic rings. The normalized spacial score (nSPS) is 18.7. The molecular formula is C18H20N2O3S. The first-order chi connectivity index (χ1) is 11.6. The predicted octanol–water partition coefficient (Wildman–Crippen LogP) is 2.87. The van der Waals surface area contributed by atoms with E-state index in [-0.39, 0.29) is 17.2 Å². The van der Waals surface area contributed by atoms with E-state index >= 15 is 0 Å². The van der Waals surface area contributed by atoms with Gasteiger partial charge in [-0.15, -0.1) is 11.8 Å². The molecule has 2 heterocycles. The van der Waals surface area contributed by atoms with Crippen LogP contribution in [0.4, 0.5) is 0 Å². The van der Waals surface area contributed by atoms with Crippen LogP contribution in [0.2, 0.25) is 0 Å². The Morgan fingerprint density at radius 2 is 2.12 bits per heavy atom. The first-order valence-corrected chi connectivity index (χ1v) is 8.90. The van der Waals surface area contributed by atoms with Crippen molar-refractivity contribution in [2.45, 2.75) is 31.8 Å². The summed E-state index contributed by atoms with van der Waals surface area (Å²) in [5.74, 6) is 0.896. The lowest BCUT2D eigenvalue weighted by molar-refractivity contribution is -0.138. The van der Waals surface area contributed by atoms with Crippen molar-refractivity contribution in [1.29, 1.82) is 0 Å². The topological polar surface area (TPSA) is 62.6 Å². The fourth-order valence-corrected chi connectivity index (χ4v) is 3.96. The molecule has 6 heteroatoms. The molecule has 2 amide bonds. The molecule has 126 valence electrons. The Morgan fingerprint density at radius 3 is 2.79 bits per heavy atom. The van der Waals surface area contributed by atoms with E-state index < -0.39 is 6.04 Å². The largest absolute Gasteiger partial charge is 0.467 e. The summed E-state index contributed by atoms with van der Waals surface area (Å²) in [6, 6.07) is 11.1. The molecule has 2 atom stereocenters. The average Bonchev–Trinajstić information content (AvgIpc) is 3.22. The lowest BCUT2D eigenvalue weighted by atomic mass is 10.1. The molecule has 0 aliphatic carbocycles. The number of nitrogens with zero attached hydrogens (tertiary/aromatic N) is 1. The van der Waals surface area contributed by atoms with Gasteiger partial charge in [0, 0.05) is 0 Å². The number of carbonyl (C=O) groups is 2. The van der Waals surface area contributed by atoms with E-state index in [4.69, 9.17) is 4.42 Å². The Labute approximate surface area is 145 Å². The Balaban J connectivity index is 1.70. The standard InChI is InChI=1S/C18H20N2O3S/c1-12-5-7-14(8-6-12)18-20(16(21)11-24-18)13(2)17(22)19-10-15-4-3-9-23-15/h3-9,13,18H,10-11H2,1-2H3,(H,19,22). The Hall–Kier alpha value is -2.21. The highest BCUT2D eigenvalue weighted by molar-refractivity contribution is 8.00. The second kappa shape index (κ2) is 7.13. The SMILES string of the molecule is Cc1ccc(C2SCC(=O)N2C(C)C(=O)NCc2ccco2)cc1. The minimum Gasteiger partial charge on any atom is -0.467 e. The maximum atomic E-state index is 12.4. The Kier molecular flexibility index (Phi) is 4.94. The summed E-state index contributed by atoms with van der Waals surface area (Å²) in [5, 5.41) is 2.70. The minimum absolute atomic E-state index is 0.00813. The van der Waals surface area contributed by atoms with Crippen molar-refractivity contribution in [3.63, 3.8) is 0 Å². The van der Waals surface area contributed by atoms with E-state index in [0.29, 0.717) is 18.1 Å². The monoisotopic (exact) mass is 344 g/mol. The molecule has 24 heavy (non-hydrogen) atoms. The molecule has 2 unspecified atom stereocenters. The van der Waals surface area contributed by atoms with E-state index in [9.17, 15) is 9.59 Å². The van der Waals surface area contributed by atoms with Gasteiger partial charge >= 0.3 is 0 Å². The van der Waals surface area contributed by atoms with Gasteiger partial charge < -0.3 is 14.6 Å². The van der Waals surface area contributed by atoms with Crippen molar-refractivity contribution in [3.8, 4) is 0 Å². The number of thioether (sulfide) groups is 1. The summed E-state index contributed by atoms with van der Waals surface area (Å²) in [6.45, 7) is 4.11. The predicted molar refractivity (Wildman–Crippen MR) is 93.2 cm³/mol.